The number of rotatable bonds is 2. The predicted octanol–water partition coefficient (Wildman–Crippen LogP) is 1.89. The standard InChI is InChI=1S/C6H6BrClN2O/c7-5-2-10-6(8)1-4(5)3-11-9/h1-2H,3,9H2. The Balaban J connectivity index is 2.93. The third-order valence-electron chi connectivity index (χ3n) is 1.14. The first kappa shape index (κ1) is 8.93. The average Bonchev–Trinajstić information content (AvgIpc) is 1.98. The van der Waals surface area contributed by atoms with E-state index in [1.165, 1.54) is 0 Å². The van der Waals surface area contributed by atoms with Crippen LogP contribution in [0.2, 0.25) is 5.15 Å². The van der Waals surface area contributed by atoms with E-state index in [4.69, 9.17) is 17.5 Å². The summed E-state index contributed by atoms with van der Waals surface area (Å²) in [5, 5.41) is 0.431. The number of aromatic nitrogens is 1. The molecule has 3 nitrogen and oxygen atoms in total. The minimum atomic E-state index is 0.322. The topological polar surface area (TPSA) is 48.1 Å². The van der Waals surface area contributed by atoms with Crippen molar-refractivity contribution in [2.75, 3.05) is 0 Å². The van der Waals surface area contributed by atoms with Gasteiger partial charge in [0.15, 0.2) is 0 Å². The van der Waals surface area contributed by atoms with Crippen LogP contribution in [0.15, 0.2) is 16.7 Å². The van der Waals surface area contributed by atoms with E-state index in [0.29, 0.717) is 11.8 Å². The third-order valence-corrected chi connectivity index (χ3v) is 2.06. The molecule has 11 heavy (non-hydrogen) atoms. The monoisotopic (exact) mass is 236 g/mol. The summed E-state index contributed by atoms with van der Waals surface area (Å²) in [6, 6.07) is 1.69. The maximum atomic E-state index is 5.62. The van der Waals surface area contributed by atoms with Crippen LogP contribution in [0.5, 0.6) is 0 Å². The van der Waals surface area contributed by atoms with Gasteiger partial charge in [-0.1, -0.05) is 11.6 Å². The lowest BCUT2D eigenvalue weighted by molar-refractivity contribution is 0.123. The minimum absolute atomic E-state index is 0.322. The highest BCUT2D eigenvalue weighted by Gasteiger charge is 2.00. The molecule has 1 aromatic heterocycles. The number of nitrogens with two attached hydrogens (primary N) is 1. The minimum Gasteiger partial charge on any atom is -0.300 e. The molecule has 2 N–H and O–H groups in total. The zero-order chi connectivity index (χ0) is 8.27. The van der Waals surface area contributed by atoms with E-state index in [9.17, 15) is 0 Å². The molecule has 0 bridgehead atoms. The molecule has 0 atom stereocenters. The van der Waals surface area contributed by atoms with Gasteiger partial charge in [-0.25, -0.2) is 10.9 Å². The highest BCUT2D eigenvalue weighted by Crippen LogP contribution is 2.18. The lowest BCUT2D eigenvalue weighted by Gasteiger charge is -2.01. The average molecular weight is 237 g/mol. The molecule has 1 aromatic rings. The van der Waals surface area contributed by atoms with E-state index in [1.54, 1.807) is 12.3 Å². The lowest BCUT2D eigenvalue weighted by atomic mass is 10.3. The highest BCUT2D eigenvalue weighted by atomic mass is 79.9. The van der Waals surface area contributed by atoms with Crippen molar-refractivity contribution >= 4 is 27.5 Å². The first-order valence-corrected chi connectivity index (χ1v) is 4.02. The first-order valence-electron chi connectivity index (χ1n) is 2.85. The zero-order valence-electron chi connectivity index (χ0n) is 5.55. The SMILES string of the molecule is NOCc1cc(Cl)ncc1Br. The summed E-state index contributed by atoms with van der Waals surface area (Å²) in [6.07, 6.45) is 1.61. The van der Waals surface area contributed by atoms with Crippen molar-refractivity contribution < 1.29 is 4.84 Å². The van der Waals surface area contributed by atoms with Crippen LogP contribution in [-0.2, 0) is 11.4 Å². The van der Waals surface area contributed by atoms with Gasteiger partial charge in [0, 0.05) is 10.7 Å². The van der Waals surface area contributed by atoms with Gasteiger partial charge in [-0.2, -0.15) is 0 Å². The Bertz CT molecular complexity index is 256. The second kappa shape index (κ2) is 4.01. The van der Waals surface area contributed by atoms with Gasteiger partial charge in [0.1, 0.15) is 5.15 Å². The molecular formula is C6H6BrClN2O. The molecule has 0 fully saturated rings. The fourth-order valence-electron chi connectivity index (χ4n) is 0.652. The third kappa shape index (κ3) is 2.41. The predicted molar refractivity (Wildman–Crippen MR) is 45.9 cm³/mol. The second-order valence-corrected chi connectivity index (χ2v) is 3.15. The van der Waals surface area contributed by atoms with Gasteiger partial charge in [-0.15, -0.1) is 0 Å². The molecule has 0 aliphatic rings. The van der Waals surface area contributed by atoms with E-state index < -0.39 is 0 Å². The lowest BCUT2D eigenvalue weighted by Crippen LogP contribution is -1.99. The summed E-state index contributed by atoms with van der Waals surface area (Å²) < 4.78 is 0.840. The molecule has 0 aliphatic carbocycles. The van der Waals surface area contributed by atoms with Crippen LogP contribution in [0.1, 0.15) is 5.56 Å². The summed E-state index contributed by atoms with van der Waals surface area (Å²) in [5.74, 6) is 4.90. The highest BCUT2D eigenvalue weighted by molar-refractivity contribution is 9.10. The normalized spacial score (nSPS) is 10.1. The number of hydrogen-bond acceptors (Lipinski definition) is 3. The summed E-state index contributed by atoms with van der Waals surface area (Å²) >= 11 is 8.90. The molecule has 0 spiro atoms. The molecule has 0 saturated heterocycles. The molecule has 5 heteroatoms. The Kier molecular flexibility index (Phi) is 3.26. The van der Waals surface area contributed by atoms with Crippen LogP contribution in [0, 0.1) is 0 Å². The Morgan fingerprint density at radius 2 is 2.45 bits per heavy atom. The van der Waals surface area contributed by atoms with Crippen LogP contribution < -0.4 is 5.90 Å². The number of pyridine rings is 1. The molecule has 0 unspecified atom stereocenters. The Morgan fingerprint density at radius 1 is 1.73 bits per heavy atom. The summed E-state index contributed by atoms with van der Waals surface area (Å²) in [7, 11) is 0. The Morgan fingerprint density at radius 3 is 3.09 bits per heavy atom. The van der Waals surface area contributed by atoms with E-state index in [0.717, 1.165) is 10.0 Å². The quantitative estimate of drug-likeness (QED) is 0.631. The molecule has 0 amide bonds. The van der Waals surface area contributed by atoms with Gasteiger partial charge in [0.05, 0.1) is 6.61 Å². The molecule has 0 radical (unpaired) electrons. The van der Waals surface area contributed by atoms with E-state index in [1.807, 2.05) is 0 Å². The van der Waals surface area contributed by atoms with Gasteiger partial charge < -0.3 is 0 Å². The number of halogens is 2. The van der Waals surface area contributed by atoms with Crippen molar-refractivity contribution in [1.29, 1.82) is 0 Å². The van der Waals surface area contributed by atoms with Gasteiger partial charge in [-0.3, -0.25) is 4.84 Å². The van der Waals surface area contributed by atoms with Crippen LogP contribution in [-0.4, -0.2) is 4.98 Å². The van der Waals surface area contributed by atoms with Crippen LogP contribution in [0.4, 0.5) is 0 Å². The Labute approximate surface area is 77.6 Å². The fraction of sp³-hybridized carbons (Fsp3) is 0.167. The summed E-state index contributed by atoms with van der Waals surface area (Å²) in [5.41, 5.74) is 0.882. The van der Waals surface area contributed by atoms with Gasteiger partial charge >= 0.3 is 0 Å². The first-order chi connectivity index (χ1) is 5.24. The van der Waals surface area contributed by atoms with Crippen molar-refractivity contribution in [1.82, 2.24) is 4.98 Å². The van der Waals surface area contributed by atoms with E-state index in [-0.39, 0.29) is 0 Å². The second-order valence-electron chi connectivity index (χ2n) is 1.91. The molecule has 60 valence electrons. The molecule has 0 aromatic carbocycles. The van der Waals surface area contributed by atoms with Crippen LogP contribution in [0.3, 0.4) is 0 Å². The van der Waals surface area contributed by atoms with Gasteiger partial charge in [0.2, 0.25) is 0 Å². The van der Waals surface area contributed by atoms with Crippen molar-refractivity contribution in [3.63, 3.8) is 0 Å². The summed E-state index contributed by atoms with van der Waals surface area (Å²) in [4.78, 5) is 8.29. The zero-order valence-corrected chi connectivity index (χ0v) is 7.89. The van der Waals surface area contributed by atoms with Crippen molar-refractivity contribution in [2.24, 2.45) is 5.90 Å². The molecule has 0 aliphatic heterocycles. The Hall–Kier alpha value is -0.160. The van der Waals surface area contributed by atoms with Crippen molar-refractivity contribution in [2.45, 2.75) is 6.61 Å². The van der Waals surface area contributed by atoms with Crippen molar-refractivity contribution in [3.8, 4) is 0 Å². The van der Waals surface area contributed by atoms with Gasteiger partial charge in [-0.05, 0) is 27.6 Å². The molecule has 1 rings (SSSR count). The number of hydrogen-bond donors (Lipinski definition) is 1. The smallest absolute Gasteiger partial charge is 0.129 e. The molecular weight excluding hydrogens is 231 g/mol. The fourth-order valence-corrected chi connectivity index (χ4v) is 1.16. The largest absolute Gasteiger partial charge is 0.300 e. The van der Waals surface area contributed by atoms with E-state index >= 15 is 0 Å². The maximum absolute atomic E-state index is 5.62. The maximum Gasteiger partial charge on any atom is 0.129 e. The van der Waals surface area contributed by atoms with Gasteiger partial charge in [0.25, 0.3) is 0 Å². The molecule has 1 heterocycles. The van der Waals surface area contributed by atoms with Crippen molar-refractivity contribution in [3.05, 3.63) is 27.5 Å². The van der Waals surface area contributed by atoms with Crippen LogP contribution >= 0.6 is 27.5 Å². The summed E-state index contributed by atoms with van der Waals surface area (Å²) in [6.45, 7) is 0.322. The van der Waals surface area contributed by atoms with Crippen LogP contribution in [0.25, 0.3) is 0 Å². The van der Waals surface area contributed by atoms with E-state index in [2.05, 4.69) is 25.8 Å². The molecule has 0 saturated carbocycles. The number of nitrogens with zero attached hydrogens (tertiary/aromatic N) is 1.